The molecule has 1 unspecified atom stereocenters. The number of fused-ring (bicyclic) bond motifs is 1. The molecule has 1 amide bonds. The van der Waals surface area contributed by atoms with Crippen LogP contribution in [0.2, 0.25) is 0 Å². The zero-order valence-corrected chi connectivity index (χ0v) is 22.4. The lowest BCUT2D eigenvalue weighted by atomic mass is 10.1. The van der Waals surface area contributed by atoms with Crippen LogP contribution in [0.4, 0.5) is 19.1 Å². The van der Waals surface area contributed by atoms with E-state index in [2.05, 4.69) is 9.97 Å². The molecular formula is C27H28F3N7O3. The maximum atomic E-state index is 13.7. The Balaban J connectivity index is 1.47. The van der Waals surface area contributed by atoms with Gasteiger partial charge in [-0.25, -0.2) is 9.97 Å². The minimum absolute atomic E-state index is 0.0250. The van der Waals surface area contributed by atoms with Gasteiger partial charge in [0.2, 0.25) is 17.8 Å². The third-order valence-corrected chi connectivity index (χ3v) is 7.35. The van der Waals surface area contributed by atoms with Crippen LogP contribution < -0.4 is 10.5 Å². The van der Waals surface area contributed by atoms with Gasteiger partial charge in [0.15, 0.2) is 0 Å². The van der Waals surface area contributed by atoms with Crippen molar-refractivity contribution in [2.75, 3.05) is 24.5 Å². The highest BCUT2D eigenvalue weighted by Crippen LogP contribution is 2.34. The van der Waals surface area contributed by atoms with E-state index in [9.17, 15) is 27.6 Å². The molecule has 10 nitrogen and oxygen atoms in total. The van der Waals surface area contributed by atoms with Gasteiger partial charge in [0, 0.05) is 82.5 Å². The highest BCUT2D eigenvalue weighted by molar-refractivity contribution is 5.84. The summed E-state index contributed by atoms with van der Waals surface area (Å²) < 4.78 is 44.8. The number of halogens is 3. The summed E-state index contributed by atoms with van der Waals surface area (Å²) in [4.78, 5) is 49.3. The van der Waals surface area contributed by atoms with E-state index < -0.39 is 17.6 Å². The van der Waals surface area contributed by atoms with E-state index in [-0.39, 0.29) is 29.6 Å². The molecule has 4 aromatic rings. The maximum Gasteiger partial charge on any atom is 0.418 e. The molecular weight excluding hydrogens is 527 g/mol. The Morgan fingerprint density at radius 1 is 1.02 bits per heavy atom. The molecule has 0 aliphatic carbocycles. The van der Waals surface area contributed by atoms with Crippen molar-refractivity contribution < 1.29 is 22.8 Å². The Morgan fingerprint density at radius 2 is 1.73 bits per heavy atom. The minimum Gasteiger partial charge on any atom is -0.337 e. The van der Waals surface area contributed by atoms with Crippen molar-refractivity contribution in [2.24, 2.45) is 7.05 Å². The van der Waals surface area contributed by atoms with E-state index >= 15 is 0 Å². The van der Waals surface area contributed by atoms with Gasteiger partial charge >= 0.3 is 6.18 Å². The zero-order valence-electron chi connectivity index (χ0n) is 22.4. The fraction of sp³-hybridized carbons (Fsp3) is 0.370. The van der Waals surface area contributed by atoms with Crippen molar-refractivity contribution in [1.82, 2.24) is 28.8 Å². The fourth-order valence-corrected chi connectivity index (χ4v) is 5.20. The molecule has 0 saturated carbocycles. The molecule has 40 heavy (non-hydrogen) atoms. The molecule has 1 fully saturated rings. The van der Waals surface area contributed by atoms with E-state index in [1.165, 1.54) is 23.3 Å². The number of benzene rings is 1. The third-order valence-electron chi connectivity index (χ3n) is 7.35. The van der Waals surface area contributed by atoms with E-state index in [0.717, 1.165) is 17.0 Å². The Kier molecular flexibility index (Phi) is 6.76. The topological polar surface area (TPSA) is 98.3 Å². The Hall–Kier alpha value is -4.42. The molecule has 1 aliphatic heterocycles. The molecule has 1 aromatic carbocycles. The van der Waals surface area contributed by atoms with E-state index in [4.69, 9.17) is 0 Å². The average Bonchev–Trinajstić information content (AvgIpc) is 3.44. The van der Waals surface area contributed by atoms with Gasteiger partial charge in [-0.2, -0.15) is 13.2 Å². The van der Waals surface area contributed by atoms with Crippen LogP contribution in [0.25, 0.3) is 22.0 Å². The van der Waals surface area contributed by atoms with Gasteiger partial charge in [-0.15, -0.1) is 0 Å². The third kappa shape index (κ3) is 4.87. The normalized spacial score (nSPS) is 16.1. The number of hydrogen-bond acceptors (Lipinski definition) is 6. The summed E-state index contributed by atoms with van der Waals surface area (Å²) in [6.07, 6.45) is 0.567. The van der Waals surface area contributed by atoms with Gasteiger partial charge in [-0.05, 0) is 24.6 Å². The van der Waals surface area contributed by atoms with E-state index in [0.29, 0.717) is 47.6 Å². The van der Waals surface area contributed by atoms with Crippen molar-refractivity contribution >= 4 is 28.7 Å². The van der Waals surface area contributed by atoms with Crippen molar-refractivity contribution in [2.45, 2.75) is 39.5 Å². The second kappa shape index (κ2) is 9.96. The van der Waals surface area contributed by atoms with Gasteiger partial charge < -0.3 is 9.80 Å². The molecule has 3 aromatic heterocycles. The van der Waals surface area contributed by atoms with Crippen LogP contribution in [0.3, 0.4) is 0 Å². The van der Waals surface area contributed by atoms with Gasteiger partial charge in [0.05, 0.1) is 23.0 Å². The predicted molar refractivity (Wildman–Crippen MR) is 142 cm³/mol. The number of hydrogen-bond donors (Lipinski definition) is 0. The Bertz CT molecular complexity index is 1670. The van der Waals surface area contributed by atoms with Crippen molar-refractivity contribution in [3.8, 4) is 11.1 Å². The molecule has 0 radical (unpaired) electrons. The number of carbonyl (C=O) groups is 2. The summed E-state index contributed by atoms with van der Waals surface area (Å²) in [7, 11) is 1.49. The highest BCUT2D eigenvalue weighted by atomic mass is 19.4. The van der Waals surface area contributed by atoms with Crippen LogP contribution in [0.5, 0.6) is 0 Å². The van der Waals surface area contributed by atoms with Crippen LogP contribution in [-0.4, -0.2) is 66.3 Å². The first-order chi connectivity index (χ1) is 18.8. The van der Waals surface area contributed by atoms with Gasteiger partial charge in [-0.3, -0.25) is 28.3 Å². The lowest BCUT2D eigenvalue weighted by molar-refractivity contribution is -0.138. The minimum atomic E-state index is -4.67. The summed E-state index contributed by atoms with van der Waals surface area (Å²) in [5.74, 6) is 0.0133. The number of alkyl halides is 3. The van der Waals surface area contributed by atoms with Gasteiger partial charge in [-0.1, -0.05) is 6.07 Å². The molecule has 1 aliphatic rings. The number of rotatable bonds is 4. The number of nitrogens with zero attached hydrogens (tertiary/aromatic N) is 7. The number of aromatic nitrogens is 5. The smallest absolute Gasteiger partial charge is 0.337 e. The molecule has 13 heteroatoms. The molecule has 0 spiro atoms. The van der Waals surface area contributed by atoms with Crippen LogP contribution in [-0.2, 0) is 24.6 Å². The Morgan fingerprint density at radius 3 is 2.33 bits per heavy atom. The standard InChI is InChI=1S/C27H28F3N7O3/c1-16-12-34(7-8-36(16)18(3)39)26-31-10-20(11-32-26)19-5-6-22-24(9-19)37(33(4)25(22)40)14-21-13-35(17(2)38)15-23(21)27(28,29)30/h5-6,9-11,13,15-16H,7-8,12,14H2,1-4H3. The number of piperazine rings is 1. The summed E-state index contributed by atoms with van der Waals surface area (Å²) in [5, 5.41) is 0.348. The van der Waals surface area contributed by atoms with Gasteiger partial charge in [0.25, 0.3) is 5.56 Å². The first kappa shape index (κ1) is 27.2. The summed E-state index contributed by atoms with van der Waals surface area (Å²) >= 11 is 0. The molecule has 1 atom stereocenters. The number of anilines is 1. The maximum absolute atomic E-state index is 13.7. The zero-order chi connectivity index (χ0) is 28.9. The lowest BCUT2D eigenvalue weighted by Gasteiger charge is -2.39. The molecule has 0 N–H and O–H groups in total. The predicted octanol–water partition coefficient (Wildman–Crippen LogP) is 3.38. The van der Waals surface area contributed by atoms with Crippen molar-refractivity contribution in [1.29, 1.82) is 0 Å². The Labute approximate surface area is 227 Å². The SMILES string of the molecule is CC(=O)N1CCN(c2ncc(-c3ccc4c(=O)n(C)n(Cc5cn(C(C)=O)cc5C(F)(F)F)c4c3)cn2)CC1C. The second-order valence-electron chi connectivity index (χ2n) is 10.0. The molecule has 0 bridgehead atoms. The monoisotopic (exact) mass is 555 g/mol. The second-order valence-corrected chi connectivity index (χ2v) is 10.0. The fourth-order valence-electron chi connectivity index (χ4n) is 5.20. The van der Waals surface area contributed by atoms with E-state index in [1.807, 2.05) is 16.7 Å². The van der Waals surface area contributed by atoms with Crippen molar-refractivity contribution in [3.05, 3.63) is 64.5 Å². The van der Waals surface area contributed by atoms with Crippen LogP contribution in [0.1, 0.15) is 36.7 Å². The molecule has 1 saturated heterocycles. The summed E-state index contributed by atoms with van der Waals surface area (Å²) in [6.45, 7) is 6.23. The van der Waals surface area contributed by atoms with Crippen molar-refractivity contribution in [3.63, 3.8) is 0 Å². The lowest BCUT2D eigenvalue weighted by Crippen LogP contribution is -2.53. The summed E-state index contributed by atoms with van der Waals surface area (Å²) in [6, 6.07) is 5.12. The number of carbonyl (C=O) groups excluding carboxylic acids is 2. The quantitative estimate of drug-likeness (QED) is 0.383. The van der Waals surface area contributed by atoms with Crippen LogP contribution in [0.15, 0.2) is 47.8 Å². The number of amides is 1. The van der Waals surface area contributed by atoms with Crippen LogP contribution in [0, 0.1) is 0 Å². The molecule has 210 valence electrons. The van der Waals surface area contributed by atoms with Gasteiger partial charge in [0.1, 0.15) is 0 Å². The first-order valence-electron chi connectivity index (χ1n) is 12.7. The largest absolute Gasteiger partial charge is 0.418 e. The average molecular weight is 556 g/mol. The first-order valence-corrected chi connectivity index (χ1v) is 12.7. The highest BCUT2D eigenvalue weighted by Gasteiger charge is 2.35. The molecule has 4 heterocycles. The van der Waals surface area contributed by atoms with E-state index in [1.54, 1.807) is 37.5 Å². The van der Waals surface area contributed by atoms with Crippen LogP contribution >= 0.6 is 0 Å². The summed E-state index contributed by atoms with van der Waals surface area (Å²) in [5.41, 5.74) is 0.370. The molecule has 5 rings (SSSR count).